The Labute approximate surface area is 171 Å². The van der Waals surface area contributed by atoms with E-state index >= 15 is 0 Å². The summed E-state index contributed by atoms with van der Waals surface area (Å²) in [5.41, 5.74) is 7.25. The van der Waals surface area contributed by atoms with Gasteiger partial charge in [-0.1, -0.05) is 6.07 Å². The van der Waals surface area contributed by atoms with E-state index in [9.17, 15) is 14.0 Å². The summed E-state index contributed by atoms with van der Waals surface area (Å²) in [7, 11) is 0. The highest BCUT2D eigenvalue weighted by Crippen LogP contribution is 2.31. The average molecular weight is 403 g/mol. The van der Waals surface area contributed by atoms with E-state index in [0.29, 0.717) is 36.1 Å². The molecular weight excluding hydrogens is 371 g/mol. The summed E-state index contributed by atoms with van der Waals surface area (Å²) in [6.07, 6.45) is 5.05. The number of carbonyl (C=O) groups is 2. The van der Waals surface area contributed by atoms with Crippen LogP contribution in [0.1, 0.15) is 50.0 Å². The number of nitrogens with zero attached hydrogens (tertiary/aromatic N) is 2. The third kappa shape index (κ3) is 4.78. The van der Waals surface area contributed by atoms with Crippen LogP contribution in [0.2, 0.25) is 0 Å². The van der Waals surface area contributed by atoms with Crippen molar-refractivity contribution in [3.63, 3.8) is 0 Å². The second-order valence-corrected chi connectivity index (χ2v) is 8.78. The molecule has 1 aromatic carbocycles. The van der Waals surface area contributed by atoms with Gasteiger partial charge in [-0.25, -0.2) is 4.39 Å². The minimum Gasteiger partial charge on any atom is -0.369 e. The molecule has 3 aliphatic rings. The Hall–Kier alpha value is -1.99. The molecule has 158 valence electrons. The normalized spacial score (nSPS) is 25.3. The van der Waals surface area contributed by atoms with Crippen LogP contribution in [0.3, 0.4) is 0 Å². The summed E-state index contributed by atoms with van der Waals surface area (Å²) < 4.78 is 14.8. The van der Waals surface area contributed by atoms with Crippen molar-refractivity contribution in [1.82, 2.24) is 10.2 Å². The minimum absolute atomic E-state index is 0.251. The number of nitrogens with one attached hydrogen (secondary N) is 1. The predicted octanol–water partition coefficient (Wildman–Crippen LogP) is 1.99. The largest absolute Gasteiger partial charge is 0.369 e. The highest BCUT2D eigenvalue weighted by Gasteiger charge is 2.29. The number of likely N-dealkylation sites (tertiary alicyclic amines) is 1. The summed E-state index contributed by atoms with van der Waals surface area (Å²) in [6, 6.07) is 5.46. The van der Waals surface area contributed by atoms with E-state index in [1.165, 1.54) is 6.07 Å². The number of halogens is 1. The maximum absolute atomic E-state index is 14.8. The van der Waals surface area contributed by atoms with Crippen LogP contribution in [0.15, 0.2) is 18.2 Å². The van der Waals surface area contributed by atoms with Gasteiger partial charge in [0.15, 0.2) is 0 Å². The molecule has 7 heteroatoms. The lowest BCUT2D eigenvalue weighted by Gasteiger charge is -2.38. The molecular formula is C22H31FN4O2. The molecule has 0 radical (unpaired) electrons. The molecule has 1 aromatic rings. The number of amides is 2. The van der Waals surface area contributed by atoms with E-state index in [1.807, 2.05) is 6.07 Å². The van der Waals surface area contributed by atoms with E-state index in [0.717, 1.165) is 58.4 Å². The third-order valence-corrected chi connectivity index (χ3v) is 6.72. The summed E-state index contributed by atoms with van der Waals surface area (Å²) in [6.45, 7) is 5.02. The molecule has 3 N–H and O–H groups in total. The first-order chi connectivity index (χ1) is 14.0. The van der Waals surface area contributed by atoms with Gasteiger partial charge in [-0.15, -0.1) is 0 Å². The molecule has 0 spiro atoms. The molecule has 1 unspecified atom stereocenters. The fourth-order valence-electron chi connectivity index (χ4n) is 4.87. The zero-order valence-corrected chi connectivity index (χ0v) is 16.9. The molecule has 4 rings (SSSR count). The van der Waals surface area contributed by atoms with E-state index in [4.69, 9.17) is 5.73 Å². The van der Waals surface area contributed by atoms with Gasteiger partial charge in [0.2, 0.25) is 11.8 Å². The first-order valence-electron chi connectivity index (χ1n) is 10.9. The van der Waals surface area contributed by atoms with Crippen molar-refractivity contribution in [3.8, 4) is 0 Å². The zero-order valence-electron chi connectivity index (χ0n) is 16.9. The van der Waals surface area contributed by atoms with Crippen LogP contribution in [-0.2, 0) is 9.59 Å². The minimum atomic E-state index is -0.445. The Morgan fingerprint density at radius 2 is 1.76 bits per heavy atom. The third-order valence-electron chi connectivity index (χ3n) is 6.72. The molecule has 0 saturated carbocycles. The molecule has 6 nitrogen and oxygen atoms in total. The topological polar surface area (TPSA) is 78.7 Å². The van der Waals surface area contributed by atoms with Gasteiger partial charge < -0.3 is 15.5 Å². The number of rotatable bonds is 4. The smallest absolute Gasteiger partial charge is 0.234 e. The molecule has 0 aliphatic carbocycles. The first-order valence-corrected chi connectivity index (χ1v) is 10.9. The number of piperidine rings is 3. The number of benzene rings is 1. The van der Waals surface area contributed by atoms with Crippen molar-refractivity contribution in [2.45, 2.75) is 50.5 Å². The van der Waals surface area contributed by atoms with Crippen molar-refractivity contribution in [2.24, 2.45) is 11.7 Å². The first kappa shape index (κ1) is 20.3. The molecule has 1 atom stereocenters. The van der Waals surface area contributed by atoms with Crippen LogP contribution in [0.4, 0.5) is 10.1 Å². The van der Waals surface area contributed by atoms with Gasteiger partial charge in [0.25, 0.3) is 0 Å². The van der Waals surface area contributed by atoms with Gasteiger partial charge in [-0.2, -0.15) is 0 Å². The highest BCUT2D eigenvalue weighted by molar-refractivity contribution is 6.00. The molecule has 3 heterocycles. The quantitative estimate of drug-likeness (QED) is 0.753. The van der Waals surface area contributed by atoms with Crippen molar-refractivity contribution in [3.05, 3.63) is 29.6 Å². The predicted molar refractivity (Wildman–Crippen MR) is 110 cm³/mol. The second-order valence-electron chi connectivity index (χ2n) is 8.78. The number of anilines is 1. The lowest BCUT2D eigenvalue weighted by atomic mass is 9.90. The van der Waals surface area contributed by atoms with Crippen molar-refractivity contribution >= 4 is 17.5 Å². The van der Waals surface area contributed by atoms with Gasteiger partial charge in [0.05, 0.1) is 11.6 Å². The summed E-state index contributed by atoms with van der Waals surface area (Å²) in [5.74, 6) is -0.645. The number of hydrogen-bond acceptors (Lipinski definition) is 5. The van der Waals surface area contributed by atoms with Crippen molar-refractivity contribution in [1.29, 1.82) is 0 Å². The van der Waals surface area contributed by atoms with Crippen LogP contribution >= 0.6 is 0 Å². The standard InChI is InChI=1S/C22H31FN4O2/c23-19-13-16(18-2-4-21(28)25-22(18)29)1-3-20(19)27-11-5-15(6-12-27)14-26-9-7-17(24)8-10-26/h1,3,13,15,17-18H,2,4-12,14,24H2,(H,25,28,29). The van der Waals surface area contributed by atoms with Crippen LogP contribution in [0, 0.1) is 11.7 Å². The second kappa shape index (κ2) is 8.79. The van der Waals surface area contributed by atoms with E-state index < -0.39 is 5.92 Å². The molecule has 29 heavy (non-hydrogen) atoms. The highest BCUT2D eigenvalue weighted by atomic mass is 19.1. The Morgan fingerprint density at radius 3 is 2.41 bits per heavy atom. The van der Waals surface area contributed by atoms with Crippen LogP contribution in [0.5, 0.6) is 0 Å². The van der Waals surface area contributed by atoms with E-state index in [1.54, 1.807) is 6.07 Å². The van der Waals surface area contributed by atoms with Crippen molar-refractivity contribution < 1.29 is 14.0 Å². The molecule has 3 aliphatic heterocycles. The van der Waals surface area contributed by atoms with E-state index in [-0.39, 0.29) is 17.6 Å². The van der Waals surface area contributed by atoms with Crippen LogP contribution < -0.4 is 16.0 Å². The molecule has 3 fully saturated rings. The van der Waals surface area contributed by atoms with Gasteiger partial charge >= 0.3 is 0 Å². The van der Waals surface area contributed by atoms with Gasteiger partial charge in [0, 0.05) is 32.1 Å². The Morgan fingerprint density at radius 1 is 1.03 bits per heavy atom. The fourth-order valence-corrected chi connectivity index (χ4v) is 4.87. The number of imide groups is 1. The molecule has 2 amide bonds. The lowest BCUT2D eigenvalue weighted by molar-refractivity contribution is -0.134. The Kier molecular flexibility index (Phi) is 6.15. The maximum atomic E-state index is 14.8. The Balaban J connectivity index is 1.33. The molecule has 0 aromatic heterocycles. The summed E-state index contributed by atoms with van der Waals surface area (Å²) in [5, 5.41) is 2.34. The molecule has 0 bridgehead atoms. The monoisotopic (exact) mass is 402 g/mol. The summed E-state index contributed by atoms with van der Waals surface area (Å²) >= 11 is 0. The SMILES string of the molecule is NC1CCN(CC2CCN(c3ccc(C4CCC(=O)NC4=O)cc3F)CC2)CC1. The van der Waals surface area contributed by atoms with Gasteiger partial charge in [0.1, 0.15) is 5.82 Å². The summed E-state index contributed by atoms with van der Waals surface area (Å²) in [4.78, 5) is 28.0. The van der Waals surface area contributed by atoms with E-state index in [2.05, 4.69) is 15.1 Å². The van der Waals surface area contributed by atoms with Crippen LogP contribution in [-0.4, -0.2) is 55.5 Å². The van der Waals surface area contributed by atoms with Gasteiger partial charge in [-0.05, 0) is 68.8 Å². The number of nitrogens with two attached hydrogens (primary N) is 1. The average Bonchev–Trinajstić information content (AvgIpc) is 2.70. The fraction of sp³-hybridized carbons (Fsp3) is 0.636. The molecule has 3 saturated heterocycles. The zero-order chi connectivity index (χ0) is 20.4. The number of hydrogen-bond donors (Lipinski definition) is 2. The van der Waals surface area contributed by atoms with Crippen LogP contribution in [0.25, 0.3) is 0 Å². The maximum Gasteiger partial charge on any atom is 0.234 e. The van der Waals surface area contributed by atoms with Gasteiger partial charge in [-0.3, -0.25) is 14.9 Å². The number of carbonyl (C=O) groups excluding carboxylic acids is 2. The Bertz CT molecular complexity index is 755. The van der Waals surface area contributed by atoms with Crippen molar-refractivity contribution in [2.75, 3.05) is 37.6 Å². The lowest BCUT2D eigenvalue weighted by Crippen LogP contribution is -2.44.